The van der Waals surface area contributed by atoms with Gasteiger partial charge in [-0.1, -0.05) is 41.3 Å². The Bertz CT molecular complexity index is 485. The van der Waals surface area contributed by atoms with Gasteiger partial charge in [-0.2, -0.15) is 0 Å². The summed E-state index contributed by atoms with van der Waals surface area (Å²) in [5, 5.41) is 12.1. The van der Waals surface area contributed by atoms with E-state index in [9.17, 15) is 4.79 Å². The van der Waals surface area contributed by atoms with Crippen molar-refractivity contribution in [3.63, 3.8) is 0 Å². The molecule has 5 nitrogen and oxygen atoms in total. The molecule has 0 saturated heterocycles. The first kappa shape index (κ1) is 15.6. The Labute approximate surface area is 121 Å². The highest BCUT2D eigenvalue weighted by Crippen LogP contribution is 2.25. The number of carbonyl (C=O) groups is 1. The van der Waals surface area contributed by atoms with Crippen LogP contribution in [-0.2, 0) is 0 Å². The smallest absolute Gasteiger partial charge is 0.256 e. The van der Waals surface area contributed by atoms with E-state index < -0.39 is 0 Å². The number of amides is 1. The van der Waals surface area contributed by atoms with Crippen molar-refractivity contribution in [2.24, 2.45) is 16.8 Å². The molecule has 3 N–H and O–H groups in total. The van der Waals surface area contributed by atoms with Crippen LogP contribution in [0.3, 0.4) is 0 Å². The fourth-order valence-corrected chi connectivity index (χ4v) is 2.14. The molecule has 0 spiro atoms. The zero-order chi connectivity index (χ0) is 14.6. The Balaban J connectivity index is 2.89. The summed E-state index contributed by atoms with van der Waals surface area (Å²) in [7, 11) is 1.60. The molecule has 1 aromatic carbocycles. The normalized spacial score (nSPS) is 13.2. The first-order valence-electron chi connectivity index (χ1n) is 5.55. The third kappa shape index (κ3) is 3.75. The van der Waals surface area contributed by atoms with Gasteiger partial charge in [0.15, 0.2) is 0 Å². The molecule has 1 atom stereocenters. The summed E-state index contributed by atoms with van der Waals surface area (Å²) in [6.45, 7) is 2.03. The lowest BCUT2D eigenvalue weighted by molar-refractivity contribution is 0.0786. The van der Waals surface area contributed by atoms with Gasteiger partial charge in [0.25, 0.3) is 5.91 Å². The number of hydrogen-bond donors (Lipinski definition) is 2. The van der Waals surface area contributed by atoms with Crippen molar-refractivity contribution < 1.29 is 10.0 Å². The van der Waals surface area contributed by atoms with Crippen molar-refractivity contribution in [3.05, 3.63) is 33.8 Å². The number of oxime groups is 1. The molecule has 0 radical (unpaired) electrons. The number of benzene rings is 1. The number of hydrogen-bond acceptors (Lipinski definition) is 3. The zero-order valence-electron chi connectivity index (χ0n) is 10.6. The number of nitrogens with two attached hydrogens (primary N) is 1. The fraction of sp³-hybridized carbons (Fsp3) is 0.333. The molecule has 19 heavy (non-hydrogen) atoms. The third-order valence-corrected chi connectivity index (χ3v) is 3.32. The van der Waals surface area contributed by atoms with E-state index in [0.29, 0.717) is 10.0 Å². The summed E-state index contributed by atoms with van der Waals surface area (Å²) >= 11 is 11.9. The molecule has 1 amide bonds. The van der Waals surface area contributed by atoms with Crippen molar-refractivity contribution >= 4 is 34.9 Å². The summed E-state index contributed by atoms with van der Waals surface area (Å²) in [6, 6.07) is 4.86. The number of nitrogens with zero attached hydrogens (tertiary/aromatic N) is 2. The van der Waals surface area contributed by atoms with Gasteiger partial charge in [0.2, 0.25) is 0 Å². The third-order valence-electron chi connectivity index (χ3n) is 2.69. The van der Waals surface area contributed by atoms with Crippen LogP contribution in [0.15, 0.2) is 23.4 Å². The molecule has 0 heterocycles. The van der Waals surface area contributed by atoms with Crippen LogP contribution in [-0.4, -0.2) is 35.4 Å². The van der Waals surface area contributed by atoms with Gasteiger partial charge in [0, 0.05) is 19.5 Å². The molecule has 0 aliphatic rings. The van der Waals surface area contributed by atoms with E-state index in [4.69, 9.17) is 34.1 Å². The van der Waals surface area contributed by atoms with Crippen LogP contribution in [0, 0.1) is 5.92 Å². The highest BCUT2D eigenvalue weighted by Gasteiger charge is 2.21. The Kier molecular flexibility index (Phi) is 5.44. The maximum absolute atomic E-state index is 12.2. The zero-order valence-corrected chi connectivity index (χ0v) is 12.1. The molecule has 7 heteroatoms. The van der Waals surface area contributed by atoms with Crippen molar-refractivity contribution in [2.75, 3.05) is 13.6 Å². The molecule has 1 rings (SSSR count). The minimum Gasteiger partial charge on any atom is -0.409 e. The fourth-order valence-electron chi connectivity index (χ4n) is 1.58. The molecule has 0 aromatic heterocycles. The van der Waals surface area contributed by atoms with Crippen molar-refractivity contribution in [1.29, 1.82) is 0 Å². The van der Waals surface area contributed by atoms with Crippen LogP contribution in [0.5, 0.6) is 0 Å². The van der Waals surface area contributed by atoms with E-state index in [1.165, 1.54) is 4.90 Å². The Morgan fingerprint density at radius 3 is 2.47 bits per heavy atom. The summed E-state index contributed by atoms with van der Waals surface area (Å²) < 4.78 is 0. The van der Waals surface area contributed by atoms with E-state index in [-0.39, 0.29) is 29.8 Å². The van der Waals surface area contributed by atoms with Crippen LogP contribution in [0.1, 0.15) is 17.3 Å². The van der Waals surface area contributed by atoms with Crippen molar-refractivity contribution in [3.8, 4) is 0 Å². The van der Waals surface area contributed by atoms with E-state index in [0.717, 1.165) is 0 Å². The first-order valence-corrected chi connectivity index (χ1v) is 6.31. The van der Waals surface area contributed by atoms with Gasteiger partial charge >= 0.3 is 0 Å². The van der Waals surface area contributed by atoms with E-state index >= 15 is 0 Å². The SMILES string of the molecule is CC(CN(C)C(=O)c1c(Cl)cccc1Cl)C(N)=NO. The van der Waals surface area contributed by atoms with Crippen LogP contribution in [0.4, 0.5) is 0 Å². The molecule has 1 aromatic rings. The summed E-state index contributed by atoms with van der Waals surface area (Å²) in [5.41, 5.74) is 5.72. The molecular formula is C12H15Cl2N3O2. The van der Waals surface area contributed by atoms with Gasteiger partial charge < -0.3 is 15.8 Å². The van der Waals surface area contributed by atoms with E-state index in [1.54, 1.807) is 32.2 Å². The van der Waals surface area contributed by atoms with Gasteiger partial charge in [0.1, 0.15) is 5.84 Å². The monoisotopic (exact) mass is 303 g/mol. The van der Waals surface area contributed by atoms with Gasteiger partial charge in [-0.25, -0.2) is 0 Å². The Morgan fingerprint density at radius 1 is 1.47 bits per heavy atom. The molecule has 1 unspecified atom stereocenters. The summed E-state index contributed by atoms with van der Waals surface area (Å²) in [4.78, 5) is 13.7. The number of amidine groups is 1. The number of rotatable bonds is 4. The van der Waals surface area contributed by atoms with Crippen LogP contribution in [0.2, 0.25) is 10.0 Å². The van der Waals surface area contributed by atoms with E-state index in [1.807, 2.05) is 0 Å². The van der Waals surface area contributed by atoms with Gasteiger partial charge in [-0.15, -0.1) is 0 Å². The largest absolute Gasteiger partial charge is 0.409 e. The lowest BCUT2D eigenvalue weighted by Crippen LogP contribution is -2.36. The lowest BCUT2D eigenvalue weighted by atomic mass is 10.1. The molecule has 0 fully saturated rings. The van der Waals surface area contributed by atoms with E-state index in [2.05, 4.69) is 5.16 Å². The maximum atomic E-state index is 12.2. The predicted molar refractivity (Wildman–Crippen MR) is 76.0 cm³/mol. The van der Waals surface area contributed by atoms with Gasteiger partial charge in [-0.05, 0) is 12.1 Å². The highest BCUT2D eigenvalue weighted by atomic mass is 35.5. The Hall–Kier alpha value is -1.46. The molecule has 0 aliphatic carbocycles. The standard InChI is InChI=1S/C12H15Cl2N3O2/c1-7(11(15)16-19)6-17(2)12(18)10-8(13)4-3-5-9(10)14/h3-5,7,19H,6H2,1-2H3,(H2,15,16). The number of carbonyl (C=O) groups excluding carboxylic acids is 1. The second-order valence-electron chi connectivity index (χ2n) is 4.21. The van der Waals surface area contributed by atoms with Crippen LogP contribution in [0.25, 0.3) is 0 Å². The lowest BCUT2D eigenvalue weighted by Gasteiger charge is -2.21. The second-order valence-corrected chi connectivity index (χ2v) is 5.02. The molecule has 0 aliphatic heterocycles. The van der Waals surface area contributed by atoms with Crippen LogP contribution < -0.4 is 5.73 Å². The average Bonchev–Trinajstić information content (AvgIpc) is 2.37. The Morgan fingerprint density at radius 2 is 2.00 bits per heavy atom. The first-order chi connectivity index (χ1) is 8.88. The van der Waals surface area contributed by atoms with Crippen LogP contribution >= 0.6 is 23.2 Å². The summed E-state index contributed by atoms with van der Waals surface area (Å²) in [5.74, 6) is -0.529. The van der Waals surface area contributed by atoms with Gasteiger partial charge in [0.05, 0.1) is 15.6 Å². The molecule has 0 saturated carbocycles. The molecular weight excluding hydrogens is 289 g/mol. The predicted octanol–water partition coefficient (Wildman–Crippen LogP) is 2.45. The minimum atomic E-state index is -0.312. The average molecular weight is 304 g/mol. The molecule has 0 bridgehead atoms. The maximum Gasteiger partial charge on any atom is 0.256 e. The topological polar surface area (TPSA) is 78.9 Å². The van der Waals surface area contributed by atoms with Crippen molar-refractivity contribution in [2.45, 2.75) is 6.92 Å². The second kappa shape index (κ2) is 6.63. The van der Waals surface area contributed by atoms with Crippen molar-refractivity contribution in [1.82, 2.24) is 4.90 Å². The quantitative estimate of drug-likeness (QED) is 0.388. The highest BCUT2D eigenvalue weighted by molar-refractivity contribution is 6.39. The minimum absolute atomic E-state index is 0.0601. The van der Waals surface area contributed by atoms with Gasteiger partial charge in [-0.3, -0.25) is 4.79 Å². The summed E-state index contributed by atoms with van der Waals surface area (Å²) in [6.07, 6.45) is 0. The molecule has 104 valence electrons. The number of halogens is 2.